The Kier molecular flexibility index (Phi) is 4.44. The first-order chi connectivity index (χ1) is 10.5. The Hall–Kier alpha value is -1.10. The van der Waals surface area contributed by atoms with E-state index in [4.69, 9.17) is 11.6 Å². The molecule has 2 aliphatic heterocycles. The van der Waals surface area contributed by atoms with Gasteiger partial charge >= 0.3 is 0 Å². The fourth-order valence-corrected chi connectivity index (χ4v) is 4.00. The van der Waals surface area contributed by atoms with Crippen LogP contribution < -0.4 is 0 Å². The third-order valence-corrected chi connectivity index (χ3v) is 5.53. The average Bonchev–Trinajstić information content (AvgIpc) is 2.81. The minimum Gasteiger partial charge on any atom is -0.396 e. The molecular weight excluding hydrogens is 300 g/mol. The molecule has 1 N–H and O–H groups in total. The monoisotopic (exact) mass is 322 g/mol. The summed E-state index contributed by atoms with van der Waals surface area (Å²) in [5, 5.41) is 10.1. The Morgan fingerprint density at radius 3 is 2.77 bits per heavy atom. The number of nitrogens with zero attached hydrogens (tertiary/aromatic N) is 2. The Morgan fingerprint density at radius 1 is 1.41 bits per heavy atom. The maximum Gasteiger partial charge on any atom is 0.223 e. The number of hydrogen-bond acceptors (Lipinski definition) is 3. The molecule has 0 saturated carbocycles. The van der Waals surface area contributed by atoms with Crippen LogP contribution in [0.25, 0.3) is 0 Å². The molecule has 1 spiro atoms. The number of aliphatic hydroxyl groups is 1. The first-order valence-electron chi connectivity index (χ1n) is 7.87. The van der Waals surface area contributed by atoms with E-state index in [0.717, 1.165) is 36.6 Å². The lowest BCUT2D eigenvalue weighted by atomic mass is 9.84. The van der Waals surface area contributed by atoms with Crippen molar-refractivity contribution in [2.45, 2.75) is 24.8 Å². The SMILES string of the molecule is CN1C[C@H](CO)CC12CN(C(=O)CCc1ccccc1Cl)C2. The van der Waals surface area contributed by atoms with Gasteiger partial charge in [-0.3, -0.25) is 9.69 Å². The zero-order valence-electron chi connectivity index (χ0n) is 13.0. The number of benzene rings is 1. The van der Waals surface area contributed by atoms with Gasteiger partial charge in [-0.05, 0) is 37.4 Å². The van der Waals surface area contributed by atoms with Crippen LogP contribution in [0.1, 0.15) is 18.4 Å². The van der Waals surface area contributed by atoms with Crippen molar-refractivity contribution < 1.29 is 9.90 Å². The van der Waals surface area contributed by atoms with Gasteiger partial charge < -0.3 is 10.0 Å². The largest absolute Gasteiger partial charge is 0.396 e. The number of likely N-dealkylation sites (N-methyl/N-ethyl adjacent to an activating group) is 1. The van der Waals surface area contributed by atoms with E-state index in [0.29, 0.717) is 18.8 Å². The number of carbonyl (C=O) groups is 1. The van der Waals surface area contributed by atoms with Crippen molar-refractivity contribution >= 4 is 17.5 Å². The van der Waals surface area contributed by atoms with E-state index in [-0.39, 0.29) is 18.1 Å². The van der Waals surface area contributed by atoms with E-state index in [1.54, 1.807) is 0 Å². The molecule has 1 atom stereocenters. The normalized spacial score (nSPS) is 23.8. The Morgan fingerprint density at radius 2 is 2.14 bits per heavy atom. The number of carbonyl (C=O) groups excluding carboxylic acids is 1. The van der Waals surface area contributed by atoms with Crippen molar-refractivity contribution in [3.8, 4) is 0 Å². The van der Waals surface area contributed by atoms with Crippen LogP contribution in [0.15, 0.2) is 24.3 Å². The number of halogens is 1. The summed E-state index contributed by atoms with van der Waals surface area (Å²) in [4.78, 5) is 16.6. The smallest absolute Gasteiger partial charge is 0.223 e. The number of aryl methyl sites for hydroxylation is 1. The minimum absolute atomic E-state index is 0.105. The number of aliphatic hydroxyl groups excluding tert-OH is 1. The quantitative estimate of drug-likeness (QED) is 0.919. The summed E-state index contributed by atoms with van der Waals surface area (Å²) in [5.74, 6) is 0.553. The lowest BCUT2D eigenvalue weighted by Gasteiger charge is -2.52. The second kappa shape index (κ2) is 6.19. The molecule has 0 aliphatic carbocycles. The highest BCUT2D eigenvalue weighted by Crippen LogP contribution is 2.39. The van der Waals surface area contributed by atoms with Crippen LogP contribution in [0.4, 0.5) is 0 Å². The van der Waals surface area contributed by atoms with Gasteiger partial charge in [0.2, 0.25) is 5.91 Å². The Balaban J connectivity index is 1.51. The topological polar surface area (TPSA) is 43.8 Å². The van der Waals surface area contributed by atoms with Crippen LogP contribution >= 0.6 is 11.6 Å². The summed E-state index contributed by atoms with van der Waals surface area (Å²) in [6, 6.07) is 7.69. The molecule has 2 saturated heterocycles. The van der Waals surface area contributed by atoms with Crippen molar-refractivity contribution in [1.82, 2.24) is 9.80 Å². The standard InChI is InChI=1S/C17H23ClN2O2/c1-19-9-13(10-21)8-17(19)11-20(12-17)16(22)7-6-14-4-2-3-5-15(14)18/h2-5,13,21H,6-12H2,1H3/t13-/m1/s1. The van der Waals surface area contributed by atoms with E-state index in [9.17, 15) is 9.90 Å². The summed E-state index contributed by atoms with van der Waals surface area (Å²) < 4.78 is 0. The molecular formula is C17H23ClN2O2. The van der Waals surface area contributed by atoms with Gasteiger partial charge in [-0.15, -0.1) is 0 Å². The van der Waals surface area contributed by atoms with Gasteiger partial charge in [0.25, 0.3) is 0 Å². The van der Waals surface area contributed by atoms with Gasteiger partial charge in [-0.2, -0.15) is 0 Å². The van der Waals surface area contributed by atoms with E-state index in [1.165, 1.54) is 0 Å². The highest BCUT2D eigenvalue weighted by Gasteiger charge is 2.52. The molecule has 2 fully saturated rings. The molecule has 0 radical (unpaired) electrons. The van der Waals surface area contributed by atoms with E-state index >= 15 is 0 Å². The molecule has 3 rings (SSSR count). The van der Waals surface area contributed by atoms with Gasteiger partial charge in [0.05, 0.1) is 5.54 Å². The molecule has 0 bridgehead atoms. The second-order valence-electron chi connectivity index (χ2n) is 6.70. The first-order valence-corrected chi connectivity index (χ1v) is 8.25. The second-order valence-corrected chi connectivity index (χ2v) is 7.11. The van der Waals surface area contributed by atoms with Crippen molar-refractivity contribution in [2.24, 2.45) is 5.92 Å². The van der Waals surface area contributed by atoms with Crippen molar-refractivity contribution in [3.05, 3.63) is 34.9 Å². The van der Waals surface area contributed by atoms with Crippen molar-refractivity contribution in [1.29, 1.82) is 0 Å². The third kappa shape index (κ3) is 2.87. The van der Waals surface area contributed by atoms with Gasteiger partial charge in [-0.25, -0.2) is 0 Å². The molecule has 1 aromatic rings. The van der Waals surface area contributed by atoms with Crippen LogP contribution in [-0.4, -0.2) is 59.6 Å². The summed E-state index contributed by atoms with van der Waals surface area (Å²) in [5.41, 5.74) is 1.14. The van der Waals surface area contributed by atoms with Crippen molar-refractivity contribution in [3.63, 3.8) is 0 Å². The number of hydrogen-bond donors (Lipinski definition) is 1. The molecule has 5 heteroatoms. The third-order valence-electron chi connectivity index (χ3n) is 5.16. The Labute approximate surface area is 136 Å². The van der Waals surface area contributed by atoms with Gasteiger partial charge in [0.15, 0.2) is 0 Å². The fourth-order valence-electron chi connectivity index (χ4n) is 3.77. The zero-order valence-corrected chi connectivity index (χ0v) is 13.7. The molecule has 2 aliphatic rings. The predicted octanol–water partition coefficient (Wildman–Crippen LogP) is 1.80. The molecule has 120 valence electrons. The molecule has 0 aromatic heterocycles. The molecule has 1 amide bonds. The summed E-state index contributed by atoms with van der Waals surface area (Å²) in [6.07, 6.45) is 2.19. The lowest BCUT2D eigenvalue weighted by Crippen LogP contribution is -2.68. The molecule has 1 aromatic carbocycles. The highest BCUT2D eigenvalue weighted by molar-refractivity contribution is 6.31. The van der Waals surface area contributed by atoms with Crippen LogP contribution in [-0.2, 0) is 11.2 Å². The maximum absolute atomic E-state index is 12.3. The Bertz CT molecular complexity index is 557. The molecule has 0 unspecified atom stereocenters. The summed E-state index contributed by atoms with van der Waals surface area (Å²) in [6.45, 7) is 2.76. The molecule has 4 nitrogen and oxygen atoms in total. The number of amides is 1. The van der Waals surface area contributed by atoms with Gasteiger partial charge in [-0.1, -0.05) is 29.8 Å². The maximum atomic E-state index is 12.3. The zero-order chi connectivity index (χ0) is 15.7. The highest BCUT2D eigenvalue weighted by atomic mass is 35.5. The summed E-state index contributed by atoms with van der Waals surface area (Å²) >= 11 is 6.13. The van der Waals surface area contributed by atoms with Crippen LogP contribution in [0.3, 0.4) is 0 Å². The van der Waals surface area contributed by atoms with Gasteiger partial charge in [0.1, 0.15) is 0 Å². The first kappa shape index (κ1) is 15.8. The lowest BCUT2D eigenvalue weighted by molar-refractivity contribution is -0.143. The van der Waals surface area contributed by atoms with Crippen LogP contribution in [0.5, 0.6) is 0 Å². The number of rotatable bonds is 4. The van der Waals surface area contributed by atoms with E-state index in [2.05, 4.69) is 11.9 Å². The van der Waals surface area contributed by atoms with E-state index < -0.39 is 0 Å². The predicted molar refractivity (Wildman–Crippen MR) is 86.9 cm³/mol. The average molecular weight is 323 g/mol. The molecule has 22 heavy (non-hydrogen) atoms. The summed E-state index contributed by atoms with van der Waals surface area (Å²) in [7, 11) is 2.10. The number of likely N-dealkylation sites (tertiary alicyclic amines) is 2. The van der Waals surface area contributed by atoms with Crippen LogP contribution in [0.2, 0.25) is 5.02 Å². The van der Waals surface area contributed by atoms with Gasteiger partial charge in [0, 0.05) is 37.7 Å². The van der Waals surface area contributed by atoms with Crippen molar-refractivity contribution in [2.75, 3.05) is 33.3 Å². The van der Waals surface area contributed by atoms with E-state index in [1.807, 2.05) is 29.2 Å². The minimum atomic E-state index is 0.105. The molecule has 2 heterocycles. The fraction of sp³-hybridized carbons (Fsp3) is 0.588. The van der Waals surface area contributed by atoms with Crippen LogP contribution in [0, 0.1) is 5.92 Å².